The minimum absolute atomic E-state index is 0.0304. The highest BCUT2D eigenvalue weighted by atomic mass is 35.5. The first-order chi connectivity index (χ1) is 40.4. The van der Waals surface area contributed by atoms with Gasteiger partial charge in [-0.15, -0.1) is 20.2 Å². The van der Waals surface area contributed by atoms with Crippen LogP contribution in [0, 0.1) is 56.0 Å². The molecule has 2 aliphatic heterocycles. The monoisotopic (exact) mass is 1180 g/mol. The molecule has 23 heteroatoms. The summed E-state index contributed by atoms with van der Waals surface area (Å²) in [6, 6.07) is 26.4. The smallest absolute Gasteiger partial charge is 0.496 e. The SMILES string of the molecule is CC.COc1ccc(CN(C(=O)C(C)C2N(C(=O)Oc3cccc(CO[N+](=O)[O-])c3)C3CC(C(=O)N4CCC(OC(=O)Oc5cccc(CO[N+](=O)[O-])c5)CC4)CC32Cc2ccc(CCCOc3c(F)ccc(F)c3Cl)cc2)C2CC2)cc1C. The average Bonchev–Trinajstić information content (AvgIpc) is 1.44. The zero-order valence-corrected chi connectivity index (χ0v) is 48.1. The second kappa shape index (κ2) is 27.9. The quantitative estimate of drug-likeness (QED) is 0.0148. The minimum Gasteiger partial charge on any atom is -0.496 e. The summed E-state index contributed by atoms with van der Waals surface area (Å²) in [6.45, 7) is 7.91. The number of fused-ring (bicyclic) bond motifs is 1. The van der Waals surface area contributed by atoms with E-state index in [0.717, 1.165) is 47.2 Å². The standard InChI is InChI=1S/C59H62ClF2N5O15.C2H6/c1-36-27-40(16-21-50(36)76-3)33-64(44-17-18-44)55(68)37(2)54-59(31-39-14-12-38(13-15-39)9-6-26-77-53-49(62)20-19-48(61)52(53)60)32-43(30-51(59)65(54)57(70)80-46-10-4-7-41(28-46)34-78-66(72)73)56(69)63-24-22-45(23-25-63)81-58(71)82-47-11-5-8-42(29-47)35-79-67(74)75;1-2/h4-5,7-8,10-16,19-21,27-29,37,43-45,51,54H,6,9,17-18,22-26,30-35H2,1-3H3;1-2H3. The Labute approximate surface area is 490 Å². The summed E-state index contributed by atoms with van der Waals surface area (Å²) >= 11 is 5.97. The number of halogens is 3. The number of piperidine rings is 1. The molecule has 0 spiro atoms. The summed E-state index contributed by atoms with van der Waals surface area (Å²) in [5.41, 5.74) is 3.57. The van der Waals surface area contributed by atoms with E-state index in [0.29, 0.717) is 61.9 Å². The lowest BCUT2D eigenvalue weighted by Crippen LogP contribution is -2.75. The Hall–Kier alpha value is -8.27. The largest absolute Gasteiger partial charge is 0.514 e. The zero-order valence-electron chi connectivity index (χ0n) is 47.4. The summed E-state index contributed by atoms with van der Waals surface area (Å²) < 4.78 is 56.6. The predicted octanol–water partition coefficient (Wildman–Crippen LogP) is 11.6. The molecule has 4 fully saturated rings. The first kappa shape index (κ1) is 61.8. The van der Waals surface area contributed by atoms with Crippen molar-refractivity contribution in [2.75, 3.05) is 26.8 Å². The molecule has 2 aliphatic carbocycles. The fraction of sp³-hybridized carbons (Fsp3) is 0.443. The van der Waals surface area contributed by atoms with Crippen molar-refractivity contribution in [2.45, 2.75) is 129 Å². The molecule has 4 aliphatic rings. The molecule has 2 saturated carbocycles. The number of ether oxygens (including phenoxy) is 5. The van der Waals surface area contributed by atoms with Gasteiger partial charge >= 0.3 is 12.2 Å². The van der Waals surface area contributed by atoms with Gasteiger partial charge in [0.15, 0.2) is 11.6 Å². The number of likely N-dealkylation sites (tertiary alicyclic amines) is 2. The van der Waals surface area contributed by atoms with Gasteiger partial charge in [-0.25, -0.2) is 18.4 Å². The van der Waals surface area contributed by atoms with E-state index in [-0.39, 0.29) is 74.4 Å². The predicted molar refractivity (Wildman–Crippen MR) is 301 cm³/mol. The van der Waals surface area contributed by atoms with Gasteiger partial charge in [0.2, 0.25) is 11.8 Å². The molecule has 5 atom stereocenters. The number of nitrogens with zero attached hydrogens (tertiary/aromatic N) is 5. The minimum atomic E-state index is -0.978. The maximum atomic E-state index is 15.4. The maximum Gasteiger partial charge on any atom is 0.514 e. The molecular weight excluding hydrogens is 1120 g/mol. The Kier molecular flexibility index (Phi) is 20.5. The Morgan fingerprint density at radius 1 is 0.786 bits per heavy atom. The second-order valence-electron chi connectivity index (χ2n) is 21.3. The summed E-state index contributed by atoms with van der Waals surface area (Å²) in [5.74, 6) is -2.74. The van der Waals surface area contributed by atoms with E-state index in [9.17, 15) is 43.4 Å². The maximum absolute atomic E-state index is 15.4. The Morgan fingerprint density at radius 3 is 2.00 bits per heavy atom. The van der Waals surface area contributed by atoms with Crippen molar-refractivity contribution in [3.8, 4) is 23.0 Å². The van der Waals surface area contributed by atoms with Gasteiger partial charge in [-0.1, -0.05) is 93.0 Å². The number of methoxy groups -OCH3 is 1. The average molecular weight is 1180 g/mol. The van der Waals surface area contributed by atoms with Crippen molar-refractivity contribution in [2.24, 2.45) is 17.3 Å². The van der Waals surface area contributed by atoms with Gasteiger partial charge in [0, 0.05) is 55.9 Å². The number of carbonyl (C=O) groups is 4. The number of amides is 3. The van der Waals surface area contributed by atoms with Crippen LogP contribution in [-0.4, -0.2) is 100.0 Å². The molecule has 5 aromatic carbocycles. The number of carbonyl (C=O) groups excluding carboxylic acids is 4. The normalized spacial score (nSPS) is 19.3. The van der Waals surface area contributed by atoms with Crippen LogP contribution in [0.2, 0.25) is 5.02 Å². The molecule has 0 bridgehead atoms. The second-order valence-corrected chi connectivity index (χ2v) is 21.7. The van der Waals surface area contributed by atoms with Crippen LogP contribution in [0.4, 0.5) is 18.4 Å². The fourth-order valence-electron chi connectivity index (χ4n) is 12.0. The van der Waals surface area contributed by atoms with Crippen LogP contribution in [0.1, 0.15) is 99.1 Å². The van der Waals surface area contributed by atoms with Crippen molar-refractivity contribution in [1.82, 2.24) is 14.7 Å². The van der Waals surface area contributed by atoms with Gasteiger partial charge in [-0.2, -0.15) is 0 Å². The summed E-state index contributed by atoms with van der Waals surface area (Å²) in [6.07, 6.45) is 1.78. The molecule has 2 heterocycles. The van der Waals surface area contributed by atoms with E-state index in [1.165, 1.54) is 18.2 Å². The third-order valence-electron chi connectivity index (χ3n) is 15.8. The number of hydrogen-bond donors (Lipinski definition) is 0. The lowest BCUT2D eigenvalue weighted by molar-refractivity contribution is -0.763. The van der Waals surface area contributed by atoms with Crippen molar-refractivity contribution < 1.29 is 71.5 Å². The molecule has 0 N–H and O–H groups in total. The molecule has 448 valence electrons. The van der Waals surface area contributed by atoms with E-state index in [2.05, 4.69) is 9.68 Å². The number of aryl methyl sites for hydroxylation is 2. The van der Waals surface area contributed by atoms with Crippen LogP contribution in [0.5, 0.6) is 23.0 Å². The summed E-state index contributed by atoms with van der Waals surface area (Å²) in [5, 5.41) is 19.5. The topological polar surface area (TPSA) is 229 Å². The Balaban J connectivity index is 0.00000455. The summed E-state index contributed by atoms with van der Waals surface area (Å²) in [4.78, 5) is 94.1. The highest BCUT2D eigenvalue weighted by molar-refractivity contribution is 6.32. The van der Waals surface area contributed by atoms with Crippen molar-refractivity contribution in [3.63, 3.8) is 0 Å². The van der Waals surface area contributed by atoms with E-state index in [1.807, 2.05) is 75.1 Å². The van der Waals surface area contributed by atoms with Crippen LogP contribution in [0.15, 0.2) is 103 Å². The van der Waals surface area contributed by atoms with Gasteiger partial charge < -0.3 is 43.2 Å². The van der Waals surface area contributed by atoms with Gasteiger partial charge in [0.1, 0.15) is 47.4 Å². The van der Waals surface area contributed by atoms with Gasteiger partial charge in [-0.3, -0.25) is 14.5 Å². The van der Waals surface area contributed by atoms with E-state index in [4.69, 9.17) is 35.3 Å². The van der Waals surface area contributed by atoms with Gasteiger partial charge in [-0.05, 0) is 128 Å². The highest BCUT2D eigenvalue weighted by Gasteiger charge is 2.70. The molecular formula is C61H68ClF2N5O15. The summed E-state index contributed by atoms with van der Waals surface area (Å²) in [7, 11) is 1.60. The van der Waals surface area contributed by atoms with Crippen molar-refractivity contribution in [3.05, 3.63) is 173 Å². The van der Waals surface area contributed by atoms with Crippen LogP contribution in [-0.2, 0) is 56.6 Å². The molecule has 9 rings (SSSR count). The molecule has 5 unspecified atom stereocenters. The van der Waals surface area contributed by atoms with Gasteiger partial charge in [0.05, 0.1) is 25.7 Å². The first-order valence-corrected chi connectivity index (χ1v) is 28.5. The third kappa shape index (κ3) is 14.9. The molecule has 84 heavy (non-hydrogen) atoms. The lowest BCUT2D eigenvalue weighted by Gasteiger charge is -2.62. The molecule has 20 nitrogen and oxygen atoms in total. The zero-order chi connectivity index (χ0) is 60.2. The third-order valence-corrected chi connectivity index (χ3v) is 16.2. The highest BCUT2D eigenvalue weighted by Crippen LogP contribution is 2.61. The Bertz CT molecular complexity index is 3180. The van der Waals surface area contributed by atoms with Crippen LogP contribution < -0.4 is 18.9 Å². The van der Waals surface area contributed by atoms with E-state index < -0.39 is 74.5 Å². The number of hydrogen-bond acceptors (Lipinski definition) is 15. The van der Waals surface area contributed by atoms with E-state index >= 15 is 4.79 Å². The number of rotatable bonds is 23. The number of benzene rings is 5. The molecule has 2 saturated heterocycles. The lowest BCUT2D eigenvalue weighted by atomic mass is 9.59. The van der Waals surface area contributed by atoms with Gasteiger partial charge in [0.25, 0.3) is 10.2 Å². The Morgan fingerprint density at radius 2 is 1.39 bits per heavy atom. The van der Waals surface area contributed by atoms with Crippen molar-refractivity contribution >= 4 is 35.7 Å². The molecule has 0 radical (unpaired) electrons. The van der Waals surface area contributed by atoms with E-state index in [1.54, 1.807) is 47.2 Å². The van der Waals surface area contributed by atoms with Crippen molar-refractivity contribution in [1.29, 1.82) is 0 Å². The molecule has 0 aromatic heterocycles. The molecule has 5 aromatic rings. The van der Waals surface area contributed by atoms with Crippen LogP contribution in [0.3, 0.4) is 0 Å². The van der Waals surface area contributed by atoms with Crippen LogP contribution >= 0.6 is 11.6 Å². The van der Waals surface area contributed by atoms with Crippen LogP contribution in [0.25, 0.3) is 0 Å². The fourth-order valence-corrected chi connectivity index (χ4v) is 12.2. The molecule has 3 amide bonds. The first-order valence-electron chi connectivity index (χ1n) is 28.1.